The lowest BCUT2D eigenvalue weighted by Crippen LogP contribution is -2.45. The summed E-state index contributed by atoms with van der Waals surface area (Å²) in [4.78, 5) is 60.0. The molecular weight excluding hydrogens is 487 g/mol. The molecule has 0 radical (unpaired) electrons. The van der Waals surface area contributed by atoms with Crippen LogP contribution in [0.4, 0.5) is 10.1 Å². The number of amides is 5. The highest BCUT2D eigenvalue weighted by molar-refractivity contribution is 7.79. The van der Waals surface area contributed by atoms with Crippen LogP contribution >= 0.6 is 12.6 Å². The minimum atomic E-state index is -0.941. The first-order valence-electron chi connectivity index (χ1n) is 11.9. The number of anilines is 1. The molecule has 0 saturated carbocycles. The average molecular weight is 523 g/mol. The number of hydrogen-bond donors (Lipinski definition) is 4. The summed E-state index contributed by atoms with van der Waals surface area (Å²) in [6.07, 6.45) is 5.64. The van der Waals surface area contributed by atoms with Crippen LogP contribution in [-0.4, -0.2) is 53.6 Å². The predicted octanol–water partition coefficient (Wildman–Crippen LogP) is 2.72. The smallest absolute Gasteiger partial charge is 0.253 e. The molecule has 1 aromatic carbocycles. The van der Waals surface area contributed by atoms with Gasteiger partial charge in [-0.3, -0.25) is 28.9 Å². The molecular formula is C25H35FN4O5S. The number of nitrogens with zero attached hydrogens (tertiary/aromatic N) is 1. The van der Waals surface area contributed by atoms with Gasteiger partial charge in [0.2, 0.25) is 17.7 Å². The Bertz CT molecular complexity index is 952. The van der Waals surface area contributed by atoms with E-state index >= 15 is 0 Å². The maximum Gasteiger partial charge on any atom is 0.253 e. The van der Waals surface area contributed by atoms with E-state index < -0.39 is 23.7 Å². The molecule has 0 bridgehead atoms. The number of nitrogens with one attached hydrogen (secondary N) is 3. The lowest BCUT2D eigenvalue weighted by molar-refractivity contribution is -0.137. The quantitative estimate of drug-likeness (QED) is 0.191. The molecule has 36 heavy (non-hydrogen) atoms. The van der Waals surface area contributed by atoms with Gasteiger partial charge >= 0.3 is 0 Å². The fourth-order valence-electron chi connectivity index (χ4n) is 3.01. The van der Waals surface area contributed by atoms with Crippen molar-refractivity contribution in [3.8, 4) is 0 Å². The summed E-state index contributed by atoms with van der Waals surface area (Å²) in [5.41, 5.74) is 0.662. The number of hydrogen-bond acceptors (Lipinski definition) is 6. The van der Waals surface area contributed by atoms with E-state index in [0.717, 1.165) is 4.90 Å². The molecule has 0 fully saturated rings. The lowest BCUT2D eigenvalue weighted by atomic mass is 10.2. The monoisotopic (exact) mass is 522 g/mol. The Kier molecular flexibility index (Phi) is 14.1. The molecule has 0 aromatic heterocycles. The van der Waals surface area contributed by atoms with Gasteiger partial charge in [0, 0.05) is 30.9 Å². The number of thiol groups is 1. The third-order valence-corrected chi connectivity index (χ3v) is 5.24. The highest BCUT2D eigenvalue weighted by atomic mass is 32.1. The van der Waals surface area contributed by atoms with Crippen LogP contribution in [0.15, 0.2) is 30.4 Å². The number of halogens is 1. The van der Waals surface area contributed by atoms with Gasteiger partial charge in [-0.1, -0.05) is 32.8 Å². The van der Waals surface area contributed by atoms with Crippen LogP contribution in [0.5, 0.6) is 0 Å². The molecule has 9 nitrogen and oxygen atoms in total. The summed E-state index contributed by atoms with van der Waals surface area (Å²) in [6, 6.07) is 3.38. The van der Waals surface area contributed by atoms with E-state index in [-0.39, 0.29) is 36.4 Å². The van der Waals surface area contributed by atoms with Crippen LogP contribution in [0.3, 0.4) is 0 Å². The van der Waals surface area contributed by atoms with Crippen molar-refractivity contribution in [3.63, 3.8) is 0 Å². The van der Waals surface area contributed by atoms with Crippen LogP contribution in [0, 0.1) is 5.82 Å². The number of imide groups is 1. The Labute approximate surface area is 216 Å². The van der Waals surface area contributed by atoms with Crippen molar-refractivity contribution in [3.05, 3.63) is 41.7 Å². The summed E-state index contributed by atoms with van der Waals surface area (Å²) in [6.45, 7) is 5.70. The third kappa shape index (κ3) is 11.0. The normalized spacial score (nSPS) is 13.1. The molecule has 3 N–H and O–H groups in total. The van der Waals surface area contributed by atoms with Crippen molar-refractivity contribution in [1.29, 1.82) is 0 Å². The van der Waals surface area contributed by atoms with Crippen molar-refractivity contribution in [2.75, 3.05) is 18.4 Å². The number of carbonyl (C=O) groups is 5. The number of benzene rings is 1. The lowest BCUT2D eigenvalue weighted by Gasteiger charge is -2.15. The van der Waals surface area contributed by atoms with Crippen molar-refractivity contribution >= 4 is 47.9 Å². The summed E-state index contributed by atoms with van der Waals surface area (Å²) in [5.74, 6) is -2.39. The van der Waals surface area contributed by atoms with Gasteiger partial charge in [0.1, 0.15) is 11.9 Å². The third-order valence-electron chi connectivity index (χ3n) is 4.88. The SMILES string of the molecule is CC(NC(=O)CNC(=O)CCCCCN1C(=O)C=CC1=O)C(=O)Nc1ccc(CS)cc1F.CCC. The minimum absolute atomic E-state index is 0.00494. The van der Waals surface area contributed by atoms with Gasteiger partial charge in [0.25, 0.3) is 11.8 Å². The molecule has 1 atom stereocenters. The number of unbranched alkanes of at least 4 members (excludes halogenated alkanes) is 2. The topological polar surface area (TPSA) is 125 Å². The molecule has 198 valence electrons. The maximum absolute atomic E-state index is 14.0. The van der Waals surface area contributed by atoms with Crippen LogP contribution in [-0.2, 0) is 29.7 Å². The molecule has 1 aliphatic rings. The summed E-state index contributed by atoms with van der Waals surface area (Å²) in [5, 5.41) is 7.31. The van der Waals surface area contributed by atoms with Gasteiger partial charge in [0.05, 0.1) is 12.2 Å². The second kappa shape index (κ2) is 16.5. The Hall–Kier alpha value is -3.21. The van der Waals surface area contributed by atoms with Crippen LogP contribution in [0.2, 0.25) is 0 Å². The molecule has 1 unspecified atom stereocenters. The Morgan fingerprint density at radius 1 is 1.03 bits per heavy atom. The van der Waals surface area contributed by atoms with Crippen LogP contribution in [0.1, 0.15) is 58.4 Å². The largest absolute Gasteiger partial charge is 0.347 e. The van der Waals surface area contributed by atoms with Gasteiger partial charge in [-0.15, -0.1) is 0 Å². The van der Waals surface area contributed by atoms with Crippen LogP contribution in [0.25, 0.3) is 0 Å². The van der Waals surface area contributed by atoms with E-state index in [2.05, 4.69) is 42.4 Å². The van der Waals surface area contributed by atoms with E-state index in [1.807, 2.05) is 0 Å². The zero-order valence-electron chi connectivity index (χ0n) is 20.9. The van der Waals surface area contributed by atoms with Gasteiger partial charge in [-0.05, 0) is 37.5 Å². The van der Waals surface area contributed by atoms with Gasteiger partial charge in [0.15, 0.2) is 0 Å². The number of rotatable bonds is 12. The predicted molar refractivity (Wildman–Crippen MR) is 139 cm³/mol. The fraction of sp³-hybridized carbons (Fsp3) is 0.480. The minimum Gasteiger partial charge on any atom is -0.347 e. The van der Waals surface area contributed by atoms with Crippen molar-refractivity contribution < 1.29 is 28.4 Å². The Morgan fingerprint density at radius 3 is 2.25 bits per heavy atom. The zero-order chi connectivity index (χ0) is 27.1. The summed E-state index contributed by atoms with van der Waals surface area (Å²) < 4.78 is 14.0. The molecule has 0 spiro atoms. The van der Waals surface area contributed by atoms with E-state index in [9.17, 15) is 28.4 Å². The van der Waals surface area contributed by atoms with Crippen LogP contribution < -0.4 is 16.0 Å². The maximum atomic E-state index is 14.0. The zero-order valence-corrected chi connectivity index (χ0v) is 21.8. The molecule has 0 saturated heterocycles. The molecule has 1 aliphatic heterocycles. The van der Waals surface area contributed by atoms with Crippen molar-refractivity contribution in [2.45, 2.75) is 64.7 Å². The Morgan fingerprint density at radius 2 is 1.67 bits per heavy atom. The van der Waals surface area contributed by atoms with E-state index in [4.69, 9.17) is 0 Å². The first kappa shape index (κ1) is 30.8. The summed E-state index contributed by atoms with van der Waals surface area (Å²) in [7, 11) is 0. The average Bonchev–Trinajstić information content (AvgIpc) is 3.16. The number of carbonyl (C=O) groups excluding carboxylic acids is 5. The van der Waals surface area contributed by atoms with Crippen molar-refractivity contribution in [1.82, 2.24) is 15.5 Å². The molecule has 0 aliphatic carbocycles. The second-order valence-corrected chi connectivity index (χ2v) is 8.52. The molecule has 1 heterocycles. The highest BCUT2D eigenvalue weighted by Crippen LogP contribution is 2.17. The standard InChI is InChI=1S/C22H27FN4O5S.C3H8/c1-14(22(32)26-17-7-6-15(13-33)11-16(17)23)25-19(29)12-24-18(28)5-3-2-4-10-27-20(30)8-9-21(27)31;1-3-2/h6-9,11,14,33H,2-5,10,12-13H2,1H3,(H,24,28)(H,25,29)(H,26,32);3H2,1-2H3. The van der Waals surface area contributed by atoms with Gasteiger partial charge in [-0.2, -0.15) is 12.6 Å². The van der Waals surface area contributed by atoms with E-state index in [1.165, 1.54) is 37.6 Å². The second-order valence-electron chi connectivity index (χ2n) is 8.21. The first-order valence-corrected chi connectivity index (χ1v) is 12.6. The Balaban J connectivity index is 0.00000205. The fourth-order valence-corrected chi connectivity index (χ4v) is 3.21. The summed E-state index contributed by atoms with van der Waals surface area (Å²) >= 11 is 4.06. The molecule has 1 aromatic rings. The molecule has 2 rings (SSSR count). The highest BCUT2D eigenvalue weighted by Gasteiger charge is 2.22. The van der Waals surface area contributed by atoms with Gasteiger partial charge < -0.3 is 16.0 Å². The molecule has 5 amide bonds. The first-order chi connectivity index (χ1) is 17.1. The van der Waals surface area contributed by atoms with E-state index in [0.29, 0.717) is 37.1 Å². The van der Waals surface area contributed by atoms with E-state index in [1.54, 1.807) is 6.07 Å². The van der Waals surface area contributed by atoms with Crippen molar-refractivity contribution in [2.24, 2.45) is 0 Å². The van der Waals surface area contributed by atoms with Gasteiger partial charge in [-0.25, -0.2) is 4.39 Å². The molecule has 11 heteroatoms.